The summed E-state index contributed by atoms with van der Waals surface area (Å²) in [6, 6.07) is 0. The highest BCUT2D eigenvalue weighted by atomic mass is 16.5. The maximum atomic E-state index is 12.2. The van der Waals surface area contributed by atoms with Gasteiger partial charge in [-0.25, -0.2) is 0 Å². The Kier molecular flexibility index (Phi) is 3.59. The topological polar surface area (TPSA) is 92.9 Å². The summed E-state index contributed by atoms with van der Waals surface area (Å²) in [7, 11) is 0. The number of carbonyl (C=O) groups excluding carboxylic acids is 1. The summed E-state index contributed by atoms with van der Waals surface area (Å²) < 4.78 is 5.21. The average molecular weight is 256 g/mol. The Labute approximate surface area is 106 Å². The van der Waals surface area contributed by atoms with Crippen LogP contribution < -0.4 is 5.73 Å². The van der Waals surface area contributed by atoms with Crippen molar-refractivity contribution < 1.29 is 19.4 Å². The summed E-state index contributed by atoms with van der Waals surface area (Å²) in [5, 5.41) is 8.90. The smallest absolute Gasteiger partial charge is 0.306 e. The van der Waals surface area contributed by atoms with Crippen LogP contribution in [0, 0.1) is 11.8 Å². The lowest BCUT2D eigenvalue weighted by molar-refractivity contribution is -0.155. The number of aliphatic carboxylic acids is 1. The number of carboxylic acid groups (broad SMARTS) is 1. The second kappa shape index (κ2) is 4.85. The molecule has 6 nitrogen and oxygen atoms in total. The molecule has 3 N–H and O–H groups in total. The van der Waals surface area contributed by atoms with Gasteiger partial charge in [0.2, 0.25) is 5.91 Å². The molecule has 0 aromatic carbocycles. The third-order valence-corrected chi connectivity index (χ3v) is 4.10. The molecule has 0 saturated carbocycles. The maximum Gasteiger partial charge on any atom is 0.306 e. The fourth-order valence-electron chi connectivity index (χ4n) is 2.46. The summed E-state index contributed by atoms with van der Waals surface area (Å²) in [6.07, 6.45) is 1.09. The molecule has 1 atom stereocenters. The van der Waals surface area contributed by atoms with Crippen molar-refractivity contribution in [2.75, 3.05) is 26.3 Å². The number of amides is 1. The zero-order valence-corrected chi connectivity index (χ0v) is 10.6. The fraction of sp³-hybridized carbons (Fsp3) is 0.833. The van der Waals surface area contributed by atoms with Crippen LogP contribution in [0.1, 0.15) is 19.8 Å². The molecule has 2 aliphatic rings. The first-order chi connectivity index (χ1) is 8.44. The molecule has 2 heterocycles. The van der Waals surface area contributed by atoms with Crippen molar-refractivity contribution in [2.45, 2.75) is 25.3 Å². The van der Waals surface area contributed by atoms with E-state index in [9.17, 15) is 9.59 Å². The number of nitrogens with zero attached hydrogens (tertiary/aromatic N) is 1. The molecule has 2 aliphatic heterocycles. The van der Waals surface area contributed by atoms with Crippen LogP contribution in [0.25, 0.3) is 0 Å². The summed E-state index contributed by atoms with van der Waals surface area (Å²) >= 11 is 0. The summed E-state index contributed by atoms with van der Waals surface area (Å²) in [6.45, 7) is 3.73. The number of hydrogen-bond acceptors (Lipinski definition) is 4. The van der Waals surface area contributed by atoms with E-state index in [0.29, 0.717) is 39.1 Å². The molecule has 0 aliphatic carbocycles. The quantitative estimate of drug-likeness (QED) is 0.721. The lowest BCUT2D eigenvalue weighted by Gasteiger charge is -2.46. The van der Waals surface area contributed by atoms with Crippen LogP contribution in [0.4, 0.5) is 0 Å². The molecule has 18 heavy (non-hydrogen) atoms. The van der Waals surface area contributed by atoms with Crippen LogP contribution in [0.5, 0.6) is 0 Å². The van der Waals surface area contributed by atoms with Crippen LogP contribution in [0.15, 0.2) is 0 Å². The molecule has 2 rings (SSSR count). The third-order valence-electron chi connectivity index (χ3n) is 4.10. The van der Waals surface area contributed by atoms with Crippen LogP contribution in [0.2, 0.25) is 0 Å². The lowest BCUT2D eigenvalue weighted by Crippen LogP contribution is -2.64. The van der Waals surface area contributed by atoms with E-state index in [1.54, 1.807) is 11.8 Å². The number of rotatable bonds is 3. The van der Waals surface area contributed by atoms with E-state index in [1.807, 2.05) is 0 Å². The fourth-order valence-corrected chi connectivity index (χ4v) is 2.46. The zero-order chi connectivity index (χ0) is 13.3. The molecule has 2 fully saturated rings. The van der Waals surface area contributed by atoms with E-state index in [-0.39, 0.29) is 11.8 Å². The van der Waals surface area contributed by atoms with Gasteiger partial charge in [-0.1, -0.05) is 6.92 Å². The second-order valence-corrected chi connectivity index (χ2v) is 5.37. The van der Waals surface area contributed by atoms with Gasteiger partial charge in [0.05, 0.1) is 11.5 Å². The van der Waals surface area contributed by atoms with Gasteiger partial charge < -0.3 is 20.5 Å². The predicted molar refractivity (Wildman–Crippen MR) is 63.8 cm³/mol. The number of nitrogens with two attached hydrogens (primary N) is 1. The maximum absolute atomic E-state index is 12.2. The highest BCUT2D eigenvalue weighted by Gasteiger charge is 2.45. The second-order valence-electron chi connectivity index (χ2n) is 5.37. The number of carbonyl (C=O) groups is 2. The van der Waals surface area contributed by atoms with Crippen molar-refractivity contribution in [1.29, 1.82) is 0 Å². The van der Waals surface area contributed by atoms with Gasteiger partial charge in [-0.15, -0.1) is 0 Å². The van der Waals surface area contributed by atoms with E-state index in [2.05, 4.69) is 0 Å². The standard InChI is InChI=1S/C12H20N2O4/c1-8(10(15)16)9-6-14(7-9)11(17)12(13)2-4-18-5-3-12/h8-9H,2-7,13H2,1H3,(H,15,16). The van der Waals surface area contributed by atoms with Gasteiger partial charge in [0.25, 0.3) is 0 Å². The van der Waals surface area contributed by atoms with E-state index >= 15 is 0 Å². The van der Waals surface area contributed by atoms with E-state index in [0.717, 1.165) is 0 Å². The number of likely N-dealkylation sites (tertiary alicyclic amines) is 1. The van der Waals surface area contributed by atoms with Gasteiger partial charge in [0, 0.05) is 32.2 Å². The largest absolute Gasteiger partial charge is 0.481 e. The van der Waals surface area contributed by atoms with Crippen molar-refractivity contribution in [3.63, 3.8) is 0 Å². The van der Waals surface area contributed by atoms with Crippen molar-refractivity contribution in [3.05, 3.63) is 0 Å². The van der Waals surface area contributed by atoms with Gasteiger partial charge in [-0.2, -0.15) is 0 Å². The Balaban J connectivity index is 1.88. The predicted octanol–water partition coefficient (Wildman–Crippen LogP) is -0.327. The van der Waals surface area contributed by atoms with Gasteiger partial charge in [-0.05, 0) is 12.8 Å². The molecule has 0 bridgehead atoms. The van der Waals surface area contributed by atoms with Crippen molar-refractivity contribution in [3.8, 4) is 0 Å². The minimum absolute atomic E-state index is 0.0508. The van der Waals surface area contributed by atoms with Crippen LogP contribution in [-0.2, 0) is 14.3 Å². The summed E-state index contributed by atoms with van der Waals surface area (Å²) in [4.78, 5) is 24.7. The summed E-state index contributed by atoms with van der Waals surface area (Å²) in [5.41, 5.74) is 5.30. The average Bonchev–Trinajstić information content (AvgIpc) is 2.27. The van der Waals surface area contributed by atoms with E-state index < -0.39 is 17.4 Å². The van der Waals surface area contributed by atoms with Gasteiger partial charge in [0.15, 0.2) is 0 Å². The molecule has 1 amide bonds. The van der Waals surface area contributed by atoms with E-state index in [1.165, 1.54) is 0 Å². The number of hydrogen-bond donors (Lipinski definition) is 2. The molecule has 0 spiro atoms. The third kappa shape index (κ3) is 2.35. The normalized spacial score (nSPS) is 25.3. The Bertz CT molecular complexity index is 346. The highest BCUT2D eigenvalue weighted by molar-refractivity contribution is 5.87. The first kappa shape index (κ1) is 13.3. The van der Waals surface area contributed by atoms with Crippen LogP contribution >= 0.6 is 0 Å². The van der Waals surface area contributed by atoms with Crippen LogP contribution in [0.3, 0.4) is 0 Å². The first-order valence-corrected chi connectivity index (χ1v) is 6.33. The Morgan fingerprint density at radius 1 is 1.39 bits per heavy atom. The van der Waals surface area contributed by atoms with E-state index in [4.69, 9.17) is 15.6 Å². The van der Waals surface area contributed by atoms with Gasteiger partial charge in [0.1, 0.15) is 0 Å². The van der Waals surface area contributed by atoms with Crippen molar-refractivity contribution in [1.82, 2.24) is 4.90 Å². The molecular formula is C12H20N2O4. The Hall–Kier alpha value is -1.14. The van der Waals surface area contributed by atoms with Gasteiger partial charge in [-0.3, -0.25) is 9.59 Å². The monoisotopic (exact) mass is 256 g/mol. The molecule has 2 saturated heterocycles. The molecule has 102 valence electrons. The number of ether oxygens (including phenoxy) is 1. The SMILES string of the molecule is CC(C(=O)O)C1CN(C(=O)C2(N)CCOCC2)C1. The minimum atomic E-state index is -0.810. The van der Waals surface area contributed by atoms with Crippen LogP contribution in [-0.4, -0.2) is 53.7 Å². The van der Waals surface area contributed by atoms with Crippen molar-refractivity contribution in [2.24, 2.45) is 17.6 Å². The Morgan fingerprint density at radius 2 is 1.94 bits per heavy atom. The minimum Gasteiger partial charge on any atom is -0.481 e. The zero-order valence-electron chi connectivity index (χ0n) is 10.6. The molecular weight excluding hydrogens is 236 g/mol. The summed E-state index contributed by atoms with van der Waals surface area (Å²) in [5.74, 6) is -1.22. The molecule has 1 unspecified atom stereocenters. The molecule has 0 aromatic heterocycles. The molecule has 0 aromatic rings. The highest BCUT2D eigenvalue weighted by Crippen LogP contribution is 2.29. The lowest BCUT2D eigenvalue weighted by atomic mass is 9.83. The molecule has 6 heteroatoms. The van der Waals surface area contributed by atoms with Gasteiger partial charge >= 0.3 is 5.97 Å². The first-order valence-electron chi connectivity index (χ1n) is 6.33. The van der Waals surface area contributed by atoms with Crippen molar-refractivity contribution >= 4 is 11.9 Å². The number of carboxylic acids is 1. The Morgan fingerprint density at radius 3 is 2.44 bits per heavy atom. The molecule has 0 radical (unpaired) electrons.